The van der Waals surface area contributed by atoms with Crippen LogP contribution in [-0.4, -0.2) is 25.8 Å². The molecular weight excluding hydrogens is 316 g/mol. The Kier molecular flexibility index (Phi) is 5.26. The lowest BCUT2D eigenvalue weighted by Gasteiger charge is -2.06. The molecule has 0 bridgehead atoms. The lowest BCUT2D eigenvalue weighted by molar-refractivity contribution is -0.123. The van der Waals surface area contributed by atoms with Gasteiger partial charge in [0.15, 0.2) is 6.61 Å². The maximum Gasteiger partial charge on any atom is 0.277 e. The Morgan fingerprint density at radius 1 is 1.00 bits per heavy atom. The highest BCUT2D eigenvalue weighted by Crippen LogP contribution is 2.20. The first-order valence-electron chi connectivity index (χ1n) is 7.82. The Morgan fingerprint density at radius 3 is 2.68 bits per heavy atom. The smallest absolute Gasteiger partial charge is 0.277 e. The van der Waals surface area contributed by atoms with Crippen molar-refractivity contribution in [3.63, 3.8) is 0 Å². The van der Waals surface area contributed by atoms with Gasteiger partial charge in [-0.3, -0.25) is 4.79 Å². The van der Waals surface area contributed by atoms with Crippen molar-refractivity contribution in [1.29, 1.82) is 0 Å². The number of methoxy groups -OCH3 is 1. The van der Waals surface area contributed by atoms with Gasteiger partial charge >= 0.3 is 0 Å². The van der Waals surface area contributed by atoms with Crippen LogP contribution in [0.3, 0.4) is 0 Å². The molecule has 5 nitrogen and oxygen atoms in total. The molecule has 0 aliphatic heterocycles. The summed E-state index contributed by atoms with van der Waals surface area (Å²) in [4.78, 5) is 11.8. The van der Waals surface area contributed by atoms with Crippen LogP contribution in [-0.2, 0) is 4.79 Å². The molecule has 3 aromatic carbocycles. The summed E-state index contributed by atoms with van der Waals surface area (Å²) in [5.74, 6) is 1.05. The van der Waals surface area contributed by atoms with E-state index in [2.05, 4.69) is 10.5 Å². The Labute approximate surface area is 145 Å². The third-order valence-corrected chi connectivity index (χ3v) is 3.59. The SMILES string of the molecule is COc1cccc(/C=N/NC(=O)COc2ccc3ccccc3c2)c1. The number of carbonyl (C=O) groups excluding carboxylic acids is 1. The number of rotatable bonds is 6. The third kappa shape index (κ3) is 4.57. The van der Waals surface area contributed by atoms with Crippen molar-refractivity contribution < 1.29 is 14.3 Å². The number of ether oxygens (including phenoxy) is 2. The molecule has 0 heterocycles. The Bertz CT molecular complexity index is 906. The fourth-order valence-electron chi connectivity index (χ4n) is 2.34. The first-order valence-corrected chi connectivity index (χ1v) is 7.82. The van der Waals surface area contributed by atoms with E-state index in [1.807, 2.05) is 66.7 Å². The van der Waals surface area contributed by atoms with Crippen molar-refractivity contribution in [1.82, 2.24) is 5.43 Å². The summed E-state index contributed by atoms with van der Waals surface area (Å²) >= 11 is 0. The number of hydrogen-bond donors (Lipinski definition) is 1. The van der Waals surface area contributed by atoms with E-state index in [1.54, 1.807) is 13.3 Å². The summed E-state index contributed by atoms with van der Waals surface area (Å²) in [6.07, 6.45) is 1.55. The van der Waals surface area contributed by atoms with E-state index in [0.29, 0.717) is 5.75 Å². The topological polar surface area (TPSA) is 59.9 Å². The average molecular weight is 334 g/mol. The molecule has 0 spiro atoms. The monoisotopic (exact) mass is 334 g/mol. The van der Waals surface area contributed by atoms with Crippen molar-refractivity contribution in [3.05, 3.63) is 72.3 Å². The standard InChI is InChI=1S/C20H18N2O3/c1-24-18-8-4-5-15(11-18)13-21-22-20(23)14-25-19-10-9-16-6-2-3-7-17(16)12-19/h2-13H,14H2,1H3,(H,22,23)/b21-13+. The summed E-state index contributed by atoms with van der Waals surface area (Å²) in [5.41, 5.74) is 3.27. The predicted molar refractivity (Wildman–Crippen MR) is 98.2 cm³/mol. The second-order valence-electron chi connectivity index (χ2n) is 5.37. The summed E-state index contributed by atoms with van der Waals surface area (Å²) < 4.78 is 10.6. The molecule has 0 aliphatic carbocycles. The van der Waals surface area contributed by atoms with Gasteiger partial charge in [-0.15, -0.1) is 0 Å². The molecule has 126 valence electrons. The zero-order chi connectivity index (χ0) is 17.5. The minimum Gasteiger partial charge on any atom is -0.497 e. The highest BCUT2D eigenvalue weighted by molar-refractivity contribution is 5.85. The van der Waals surface area contributed by atoms with E-state index in [4.69, 9.17) is 9.47 Å². The van der Waals surface area contributed by atoms with Gasteiger partial charge in [0.05, 0.1) is 13.3 Å². The number of carbonyl (C=O) groups is 1. The zero-order valence-corrected chi connectivity index (χ0v) is 13.8. The molecule has 1 amide bonds. The van der Waals surface area contributed by atoms with Gasteiger partial charge in [0.1, 0.15) is 11.5 Å². The van der Waals surface area contributed by atoms with Gasteiger partial charge in [0.25, 0.3) is 5.91 Å². The predicted octanol–water partition coefficient (Wildman–Crippen LogP) is 3.38. The van der Waals surface area contributed by atoms with E-state index in [-0.39, 0.29) is 12.5 Å². The molecule has 3 rings (SSSR count). The normalized spacial score (nSPS) is 10.8. The molecule has 25 heavy (non-hydrogen) atoms. The van der Waals surface area contributed by atoms with Gasteiger partial charge in [-0.05, 0) is 40.6 Å². The van der Waals surface area contributed by atoms with E-state index in [9.17, 15) is 4.79 Å². The molecular formula is C20H18N2O3. The number of fused-ring (bicyclic) bond motifs is 1. The van der Waals surface area contributed by atoms with Crippen LogP contribution in [0.15, 0.2) is 71.8 Å². The maximum absolute atomic E-state index is 11.8. The van der Waals surface area contributed by atoms with Crippen LogP contribution in [0.1, 0.15) is 5.56 Å². The number of benzene rings is 3. The van der Waals surface area contributed by atoms with Crippen LogP contribution in [0.4, 0.5) is 0 Å². The first-order chi connectivity index (χ1) is 12.2. The Morgan fingerprint density at radius 2 is 1.84 bits per heavy atom. The Balaban J connectivity index is 1.52. The molecule has 0 saturated heterocycles. The van der Waals surface area contributed by atoms with Crippen molar-refractivity contribution in [2.45, 2.75) is 0 Å². The van der Waals surface area contributed by atoms with Crippen molar-refractivity contribution in [2.24, 2.45) is 5.10 Å². The van der Waals surface area contributed by atoms with E-state index in [1.165, 1.54) is 0 Å². The molecule has 0 unspecified atom stereocenters. The number of nitrogens with one attached hydrogen (secondary N) is 1. The minimum atomic E-state index is -0.327. The van der Waals surface area contributed by atoms with Crippen LogP contribution in [0.5, 0.6) is 11.5 Å². The summed E-state index contributed by atoms with van der Waals surface area (Å²) in [7, 11) is 1.60. The molecule has 3 aromatic rings. The zero-order valence-electron chi connectivity index (χ0n) is 13.8. The van der Waals surface area contributed by atoms with Crippen LogP contribution in [0.25, 0.3) is 10.8 Å². The summed E-state index contributed by atoms with van der Waals surface area (Å²) in [6.45, 7) is -0.103. The Hall–Kier alpha value is -3.34. The highest BCUT2D eigenvalue weighted by atomic mass is 16.5. The second kappa shape index (κ2) is 7.97. The first kappa shape index (κ1) is 16.5. The lowest BCUT2D eigenvalue weighted by Crippen LogP contribution is -2.24. The molecule has 5 heteroatoms. The van der Waals surface area contributed by atoms with Gasteiger partial charge in [0, 0.05) is 0 Å². The van der Waals surface area contributed by atoms with Crippen LogP contribution in [0, 0.1) is 0 Å². The largest absolute Gasteiger partial charge is 0.497 e. The summed E-state index contributed by atoms with van der Waals surface area (Å²) in [5, 5.41) is 6.11. The van der Waals surface area contributed by atoms with Crippen LogP contribution >= 0.6 is 0 Å². The van der Waals surface area contributed by atoms with Crippen molar-refractivity contribution >= 4 is 22.9 Å². The number of hydrogen-bond acceptors (Lipinski definition) is 4. The molecule has 0 atom stereocenters. The minimum absolute atomic E-state index is 0.103. The van der Waals surface area contributed by atoms with Crippen LogP contribution in [0.2, 0.25) is 0 Å². The van der Waals surface area contributed by atoms with E-state index >= 15 is 0 Å². The van der Waals surface area contributed by atoms with Gasteiger partial charge in [-0.2, -0.15) is 5.10 Å². The number of nitrogens with zero attached hydrogens (tertiary/aromatic N) is 1. The molecule has 0 radical (unpaired) electrons. The van der Waals surface area contributed by atoms with Gasteiger partial charge in [0.2, 0.25) is 0 Å². The molecule has 0 aliphatic rings. The molecule has 0 saturated carbocycles. The highest BCUT2D eigenvalue weighted by Gasteiger charge is 2.02. The maximum atomic E-state index is 11.8. The quantitative estimate of drug-likeness (QED) is 0.555. The number of amides is 1. The fourth-order valence-corrected chi connectivity index (χ4v) is 2.34. The van der Waals surface area contributed by atoms with Gasteiger partial charge in [-0.25, -0.2) is 5.43 Å². The molecule has 1 N–H and O–H groups in total. The number of hydrazone groups is 1. The van der Waals surface area contributed by atoms with Crippen LogP contribution < -0.4 is 14.9 Å². The van der Waals surface area contributed by atoms with E-state index < -0.39 is 0 Å². The molecule has 0 aromatic heterocycles. The summed E-state index contributed by atoms with van der Waals surface area (Å²) in [6, 6.07) is 21.1. The van der Waals surface area contributed by atoms with Gasteiger partial charge < -0.3 is 9.47 Å². The molecule has 0 fully saturated rings. The lowest BCUT2D eigenvalue weighted by atomic mass is 10.1. The average Bonchev–Trinajstić information content (AvgIpc) is 2.66. The van der Waals surface area contributed by atoms with E-state index in [0.717, 1.165) is 22.1 Å². The van der Waals surface area contributed by atoms with Crippen molar-refractivity contribution in [3.8, 4) is 11.5 Å². The van der Waals surface area contributed by atoms with Crippen molar-refractivity contribution in [2.75, 3.05) is 13.7 Å². The third-order valence-electron chi connectivity index (χ3n) is 3.59. The van der Waals surface area contributed by atoms with Gasteiger partial charge in [-0.1, -0.05) is 42.5 Å². The fraction of sp³-hybridized carbons (Fsp3) is 0.100. The second-order valence-corrected chi connectivity index (χ2v) is 5.37.